The van der Waals surface area contributed by atoms with Crippen molar-refractivity contribution in [2.45, 2.75) is 13.5 Å². The number of nitrogens with two attached hydrogens (primary N) is 1. The molecule has 0 aliphatic carbocycles. The SMILES string of the molecule is C#CCn1cnc(-c2ccc(C)cc2Br)c1N. The molecule has 0 amide bonds. The largest absolute Gasteiger partial charge is 0.383 e. The van der Waals surface area contributed by atoms with Gasteiger partial charge < -0.3 is 10.3 Å². The number of benzene rings is 1. The molecule has 0 bridgehead atoms. The van der Waals surface area contributed by atoms with E-state index in [2.05, 4.69) is 26.8 Å². The van der Waals surface area contributed by atoms with Crippen LogP contribution in [0.4, 0.5) is 5.82 Å². The molecular formula is C13H12BrN3. The van der Waals surface area contributed by atoms with Crippen LogP contribution in [0.3, 0.4) is 0 Å². The zero-order valence-electron chi connectivity index (χ0n) is 9.44. The Hall–Kier alpha value is -1.73. The van der Waals surface area contributed by atoms with Crippen LogP contribution < -0.4 is 5.73 Å². The molecule has 4 heteroatoms. The van der Waals surface area contributed by atoms with Crippen LogP contribution in [0.1, 0.15) is 5.56 Å². The summed E-state index contributed by atoms with van der Waals surface area (Å²) >= 11 is 3.52. The second kappa shape index (κ2) is 4.64. The topological polar surface area (TPSA) is 43.8 Å². The fourth-order valence-corrected chi connectivity index (χ4v) is 2.32. The van der Waals surface area contributed by atoms with Gasteiger partial charge in [0.2, 0.25) is 0 Å². The number of halogens is 1. The molecule has 17 heavy (non-hydrogen) atoms. The van der Waals surface area contributed by atoms with Gasteiger partial charge in [-0.1, -0.05) is 34.0 Å². The molecule has 2 N–H and O–H groups in total. The minimum atomic E-state index is 0.433. The number of hydrogen-bond acceptors (Lipinski definition) is 2. The summed E-state index contributed by atoms with van der Waals surface area (Å²) in [4.78, 5) is 4.31. The number of anilines is 1. The second-order valence-corrected chi connectivity index (χ2v) is 4.65. The normalized spacial score (nSPS) is 10.2. The van der Waals surface area contributed by atoms with Crippen LogP contribution in [-0.2, 0) is 6.54 Å². The smallest absolute Gasteiger partial charge is 0.132 e. The molecule has 86 valence electrons. The molecule has 1 heterocycles. The van der Waals surface area contributed by atoms with E-state index < -0.39 is 0 Å². The molecule has 1 aromatic heterocycles. The third-order valence-corrected chi connectivity index (χ3v) is 3.18. The van der Waals surface area contributed by atoms with Crippen LogP contribution >= 0.6 is 15.9 Å². The Balaban J connectivity index is 2.50. The van der Waals surface area contributed by atoms with E-state index in [1.165, 1.54) is 5.56 Å². The van der Waals surface area contributed by atoms with E-state index in [4.69, 9.17) is 12.2 Å². The maximum Gasteiger partial charge on any atom is 0.132 e. The van der Waals surface area contributed by atoms with Crippen molar-refractivity contribution in [3.63, 3.8) is 0 Å². The molecule has 2 rings (SSSR count). The van der Waals surface area contributed by atoms with Gasteiger partial charge in [-0.05, 0) is 18.6 Å². The Labute approximate surface area is 109 Å². The van der Waals surface area contributed by atoms with Gasteiger partial charge in [0.25, 0.3) is 0 Å². The fourth-order valence-electron chi connectivity index (χ4n) is 1.64. The first-order chi connectivity index (χ1) is 8.13. The highest BCUT2D eigenvalue weighted by Gasteiger charge is 2.12. The van der Waals surface area contributed by atoms with Gasteiger partial charge in [-0.3, -0.25) is 0 Å². The molecule has 0 fully saturated rings. The third kappa shape index (κ3) is 2.20. The van der Waals surface area contributed by atoms with Crippen LogP contribution in [0.25, 0.3) is 11.3 Å². The van der Waals surface area contributed by atoms with Crippen molar-refractivity contribution in [1.29, 1.82) is 0 Å². The van der Waals surface area contributed by atoms with Crippen molar-refractivity contribution in [3.05, 3.63) is 34.6 Å². The maximum absolute atomic E-state index is 6.01. The molecular weight excluding hydrogens is 278 g/mol. The van der Waals surface area contributed by atoms with Gasteiger partial charge in [0, 0.05) is 10.0 Å². The van der Waals surface area contributed by atoms with Gasteiger partial charge in [0.05, 0.1) is 12.9 Å². The number of terminal acetylenes is 1. The lowest BCUT2D eigenvalue weighted by atomic mass is 10.1. The van der Waals surface area contributed by atoms with E-state index in [0.29, 0.717) is 12.4 Å². The van der Waals surface area contributed by atoms with Crippen molar-refractivity contribution in [3.8, 4) is 23.6 Å². The summed E-state index contributed by atoms with van der Waals surface area (Å²) in [6.07, 6.45) is 6.93. The Morgan fingerprint density at radius 3 is 2.94 bits per heavy atom. The minimum Gasteiger partial charge on any atom is -0.383 e. The van der Waals surface area contributed by atoms with Crippen LogP contribution in [-0.4, -0.2) is 9.55 Å². The van der Waals surface area contributed by atoms with Crippen LogP contribution in [0.2, 0.25) is 0 Å². The summed E-state index contributed by atoms with van der Waals surface area (Å²) in [5.41, 5.74) is 8.93. The maximum atomic E-state index is 6.01. The van der Waals surface area contributed by atoms with E-state index in [1.807, 2.05) is 25.1 Å². The standard InChI is InChI=1S/C13H12BrN3/c1-3-6-17-8-16-12(13(17)15)10-5-4-9(2)7-11(10)14/h1,4-5,7-8H,6,15H2,2H3. The third-order valence-electron chi connectivity index (χ3n) is 2.52. The summed E-state index contributed by atoms with van der Waals surface area (Å²) in [6, 6.07) is 6.06. The first-order valence-electron chi connectivity index (χ1n) is 5.14. The Morgan fingerprint density at radius 2 is 2.29 bits per heavy atom. The lowest BCUT2D eigenvalue weighted by Crippen LogP contribution is -2.00. The molecule has 0 saturated carbocycles. The monoisotopic (exact) mass is 289 g/mol. The number of nitrogen functional groups attached to an aromatic ring is 1. The first kappa shape index (κ1) is 11.7. The van der Waals surface area contributed by atoms with Crippen molar-refractivity contribution in [2.75, 3.05) is 5.73 Å². The van der Waals surface area contributed by atoms with Crippen LogP contribution in [0.5, 0.6) is 0 Å². The summed E-state index contributed by atoms with van der Waals surface area (Å²) in [6.45, 7) is 2.47. The quantitative estimate of drug-likeness (QED) is 0.864. The predicted molar refractivity (Wildman–Crippen MR) is 73.3 cm³/mol. The van der Waals surface area contributed by atoms with Crippen molar-refractivity contribution < 1.29 is 0 Å². The van der Waals surface area contributed by atoms with E-state index in [0.717, 1.165) is 15.7 Å². The molecule has 3 nitrogen and oxygen atoms in total. The molecule has 0 saturated heterocycles. The predicted octanol–water partition coefficient (Wildman–Crippen LogP) is 2.84. The molecule has 0 aliphatic rings. The second-order valence-electron chi connectivity index (χ2n) is 3.79. The molecule has 0 aliphatic heterocycles. The lowest BCUT2D eigenvalue weighted by molar-refractivity contribution is 0.852. The number of aromatic nitrogens is 2. The van der Waals surface area contributed by atoms with E-state index in [9.17, 15) is 0 Å². The Morgan fingerprint density at radius 1 is 1.53 bits per heavy atom. The van der Waals surface area contributed by atoms with Gasteiger partial charge in [0.1, 0.15) is 11.5 Å². The van der Waals surface area contributed by atoms with E-state index in [1.54, 1.807) is 10.9 Å². The molecule has 0 radical (unpaired) electrons. The first-order valence-corrected chi connectivity index (χ1v) is 5.93. The van der Waals surface area contributed by atoms with Gasteiger partial charge in [-0.25, -0.2) is 4.98 Å². The molecule has 0 spiro atoms. The van der Waals surface area contributed by atoms with Crippen LogP contribution in [0.15, 0.2) is 29.0 Å². The molecule has 2 aromatic rings. The van der Waals surface area contributed by atoms with Gasteiger partial charge in [0.15, 0.2) is 0 Å². The highest BCUT2D eigenvalue weighted by atomic mass is 79.9. The van der Waals surface area contributed by atoms with E-state index in [-0.39, 0.29) is 0 Å². The molecule has 0 atom stereocenters. The zero-order chi connectivity index (χ0) is 12.4. The fraction of sp³-hybridized carbons (Fsp3) is 0.154. The van der Waals surface area contributed by atoms with Crippen molar-refractivity contribution in [2.24, 2.45) is 0 Å². The van der Waals surface area contributed by atoms with Crippen molar-refractivity contribution in [1.82, 2.24) is 9.55 Å². The average molecular weight is 290 g/mol. The number of nitrogens with zero attached hydrogens (tertiary/aromatic N) is 2. The minimum absolute atomic E-state index is 0.433. The summed E-state index contributed by atoms with van der Waals surface area (Å²) in [7, 11) is 0. The summed E-state index contributed by atoms with van der Waals surface area (Å²) < 4.78 is 2.73. The van der Waals surface area contributed by atoms with Crippen molar-refractivity contribution >= 4 is 21.7 Å². The Kier molecular flexibility index (Phi) is 3.21. The highest BCUT2D eigenvalue weighted by molar-refractivity contribution is 9.10. The van der Waals surface area contributed by atoms with E-state index >= 15 is 0 Å². The molecule has 0 unspecified atom stereocenters. The Bertz CT molecular complexity index is 593. The molecule has 1 aromatic carbocycles. The zero-order valence-corrected chi connectivity index (χ0v) is 11.0. The number of hydrogen-bond donors (Lipinski definition) is 1. The van der Waals surface area contributed by atoms with Gasteiger partial charge in [-0.2, -0.15) is 0 Å². The van der Waals surface area contributed by atoms with Crippen LogP contribution in [0, 0.1) is 19.3 Å². The number of rotatable bonds is 2. The summed E-state index contributed by atoms with van der Waals surface area (Å²) in [5.74, 6) is 3.13. The van der Waals surface area contributed by atoms with Gasteiger partial charge in [-0.15, -0.1) is 6.42 Å². The number of imidazole rings is 1. The average Bonchev–Trinajstić information content (AvgIpc) is 2.62. The number of aryl methyl sites for hydroxylation is 1. The van der Waals surface area contributed by atoms with Gasteiger partial charge >= 0.3 is 0 Å². The lowest BCUT2D eigenvalue weighted by Gasteiger charge is -2.05. The summed E-state index contributed by atoms with van der Waals surface area (Å²) in [5, 5.41) is 0. The highest BCUT2D eigenvalue weighted by Crippen LogP contribution is 2.31.